The molecule has 2 aromatic rings. The van der Waals surface area contributed by atoms with Gasteiger partial charge >= 0.3 is 0 Å². The van der Waals surface area contributed by atoms with Gasteiger partial charge in [0.25, 0.3) is 0 Å². The molecule has 0 radical (unpaired) electrons. The van der Waals surface area contributed by atoms with Crippen LogP contribution in [-0.2, 0) is 13.6 Å². The van der Waals surface area contributed by atoms with Gasteiger partial charge in [0.2, 0.25) is 0 Å². The van der Waals surface area contributed by atoms with Crippen LogP contribution in [-0.4, -0.2) is 23.4 Å². The Morgan fingerprint density at radius 1 is 1.28 bits per heavy atom. The van der Waals surface area contributed by atoms with Gasteiger partial charge < -0.3 is 10.1 Å². The maximum Gasteiger partial charge on any atom is 0.119 e. The lowest BCUT2D eigenvalue weighted by atomic mass is 10.1. The number of ether oxygens (including phenoxy) is 1. The Morgan fingerprint density at radius 3 is 2.61 bits per heavy atom. The topological polar surface area (TPSA) is 39.1 Å². The van der Waals surface area contributed by atoms with Gasteiger partial charge in [0.1, 0.15) is 5.75 Å². The van der Waals surface area contributed by atoms with E-state index in [0.29, 0.717) is 6.61 Å². The zero-order chi connectivity index (χ0) is 13.0. The summed E-state index contributed by atoms with van der Waals surface area (Å²) in [6.45, 7) is 3.49. The molecule has 0 saturated carbocycles. The zero-order valence-electron chi connectivity index (χ0n) is 11.1. The summed E-state index contributed by atoms with van der Waals surface area (Å²) in [6, 6.07) is 8.06. The average Bonchev–Trinajstić information content (AvgIpc) is 2.72. The highest BCUT2D eigenvalue weighted by Crippen LogP contribution is 2.24. The predicted octanol–water partition coefficient (Wildman–Crippen LogP) is 2.21. The number of rotatable bonds is 5. The molecular formula is C14H19N3O. The van der Waals surface area contributed by atoms with Crippen molar-refractivity contribution in [2.45, 2.75) is 13.5 Å². The number of aryl methyl sites for hydroxylation is 1. The van der Waals surface area contributed by atoms with Crippen LogP contribution >= 0.6 is 0 Å². The first-order valence-corrected chi connectivity index (χ1v) is 6.15. The number of nitrogens with zero attached hydrogens (tertiary/aromatic N) is 2. The van der Waals surface area contributed by atoms with Crippen molar-refractivity contribution in [2.75, 3.05) is 13.7 Å². The predicted molar refractivity (Wildman–Crippen MR) is 72.6 cm³/mol. The fourth-order valence-electron chi connectivity index (χ4n) is 1.98. The van der Waals surface area contributed by atoms with Crippen LogP contribution in [0.2, 0.25) is 0 Å². The Hall–Kier alpha value is -1.81. The van der Waals surface area contributed by atoms with E-state index in [-0.39, 0.29) is 0 Å². The van der Waals surface area contributed by atoms with E-state index in [0.717, 1.165) is 23.6 Å². The Bertz CT molecular complexity index is 502. The van der Waals surface area contributed by atoms with Crippen molar-refractivity contribution in [1.29, 1.82) is 0 Å². The summed E-state index contributed by atoms with van der Waals surface area (Å²) < 4.78 is 7.29. The first-order valence-electron chi connectivity index (χ1n) is 6.15. The molecule has 4 heteroatoms. The van der Waals surface area contributed by atoms with Crippen molar-refractivity contribution in [3.05, 3.63) is 36.0 Å². The van der Waals surface area contributed by atoms with Crippen molar-refractivity contribution in [2.24, 2.45) is 7.05 Å². The van der Waals surface area contributed by atoms with Crippen molar-refractivity contribution >= 4 is 0 Å². The van der Waals surface area contributed by atoms with Crippen LogP contribution in [0.25, 0.3) is 11.3 Å². The van der Waals surface area contributed by atoms with Crippen molar-refractivity contribution in [3.8, 4) is 17.0 Å². The molecule has 18 heavy (non-hydrogen) atoms. The molecule has 0 unspecified atom stereocenters. The van der Waals surface area contributed by atoms with Crippen molar-refractivity contribution in [1.82, 2.24) is 15.1 Å². The van der Waals surface area contributed by atoms with Gasteiger partial charge in [-0.15, -0.1) is 0 Å². The van der Waals surface area contributed by atoms with E-state index >= 15 is 0 Å². The standard InChI is InChI=1S/C14H19N3O/c1-4-18-13-7-5-11(6-8-13)14-12(9-15-2)10-17(3)16-14/h5-8,10,15H,4,9H2,1-3H3. The van der Waals surface area contributed by atoms with Crippen molar-refractivity contribution in [3.63, 3.8) is 0 Å². The number of hydrogen-bond acceptors (Lipinski definition) is 3. The van der Waals surface area contributed by atoms with Crippen LogP contribution in [0.15, 0.2) is 30.5 Å². The van der Waals surface area contributed by atoms with E-state index in [9.17, 15) is 0 Å². The third kappa shape index (κ3) is 2.71. The van der Waals surface area contributed by atoms with Gasteiger partial charge in [-0.05, 0) is 38.2 Å². The minimum absolute atomic E-state index is 0.688. The molecule has 0 aliphatic carbocycles. The number of nitrogens with one attached hydrogen (secondary N) is 1. The summed E-state index contributed by atoms with van der Waals surface area (Å²) in [6.07, 6.45) is 2.04. The van der Waals surface area contributed by atoms with Gasteiger partial charge in [-0.25, -0.2) is 0 Å². The maximum absolute atomic E-state index is 5.44. The van der Waals surface area contributed by atoms with Gasteiger partial charge in [-0.3, -0.25) is 4.68 Å². The van der Waals surface area contributed by atoms with Crippen LogP contribution < -0.4 is 10.1 Å². The summed E-state index contributed by atoms with van der Waals surface area (Å²) in [4.78, 5) is 0. The highest BCUT2D eigenvalue weighted by atomic mass is 16.5. The Balaban J connectivity index is 2.29. The quantitative estimate of drug-likeness (QED) is 0.877. The third-order valence-electron chi connectivity index (χ3n) is 2.71. The maximum atomic E-state index is 5.44. The smallest absolute Gasteiger partial charge is 0.119 e. The molecule has 96 valence electrons. The van der Waals surface area contributed by atoms with Crippen LogP contribution in [0.3, 0.4) is 0 Å². The van der Waals surface area contributed by atoms with Gasteiger partial charge in [-0.2, -0.15) is 5.10 Å². The normalized spacial score (nSPS) is 10.6. The number of hydrogen-bond donors (Lipinski definition) is 1. The Morgan fingerprint density at radius 2 is 2.00 bits per heavy atom. The van der Waals surface area contributed by atoms with E-state index in [1.807, 2.05) is 56.2 Å². The highest BCUT2D eigenvalue weighted by molar-refractivity contribution is 5.63. The summed E-state index contributed by atoms with van der Waals surface area (Å²) in [5.41, 5.74) is 3.34. The number of aromatic nitrogens is 2. The lowest BCUT2D eigenvalue weighted by molar-refractivity contribution is 0.340. The second kappa shape index (κ2) is 5.69. The molecule has 0 atom stereocenters. The second-order valence-corrected chi connectivity index (χ2v) is 4.16. The number of benzene rings is 1. The van der Waals surface area contributed by atoms with E-state index in [2.05, 4.69) is 10.4 Å². The van der Waals surface area contributed by atoms with Gasteiger partial charge in [-0.1, -0.05) is 0 Å². The molecule has 1 aromatic carbocycles. The highest BCUT2D eigenvalue weighted by Gasteiger charge is 2.09. The Kier molecular flexibility index (Phi) is 3.99. The van der Waals surface area contributed by atoms with Gasteiger partial charge in [0, 0.05) is 30.9 Å². The summed E-state index contributed by atoms with van der Waals surface area (Å²) >= 11 is 0. The van der Waals surface area contributed by atoms with E-state index < -0.39 is 0 Å². The molecule has 1 N–H and O–H groups in total. The molecule has 0 amide bonds. The van der Waals surface area contributed by atoms with E-state index in [1.54, 1.807) is 0 Å². The summed E-state index contributed by atoms with van der Waals surface area (Å²) in [7, 11) is 3.88. The van der Waals surface area contributed by atoms with Crippen LogP contribution in [0.5, 0.6) is 5.75 Å². The molecule has 1 heterocycles. The molecule has 0 fully saturated rings. The molecule has 0 spiro atoms. The van der Waals surface area contributed by atoms with Crippen molar-refractivity contribution < 1.29 is 4.74 Å². The SMILES string of the molecule is CCOc1ccc(-c2nn(C)cc2CNC)cc1. The van der Waals surface area contributed by atoms with Crippen LogP contribution in [0.4, 0.5) is 0 Å². The molecule has 0 saturated heterocycles. The third-order valence-corrected chi connectivity index (χ3v) is 2.71. The zero-order valence-corrected chi connectivity index (χ0v) is 11.1. The Labute approximate surface area is 108 Å². The minimum atomic E-state index is 0.688. The second-order valence-electron chi connectivity index (χ2n) is 4.16. The van der Waals surface area contributed by atoms with Gasteiger partial charge in [0.05, 0.1) is 12.3 Å². The van der Waals surface area contributed by atoms with Crippen LogP contribution in [0.1, 0.15) is 12.5 Å². The molecule has 0 aliphatic heterocycles. The fraction of sp³-hybridized carbons (Fsp3) is 0.357. The monoisotopic (exact) mass is 245 g/mol. The minimum Gasteiger partial charge on any atom is -0.494 e. The van der Waals surface area contributed by atoms with E-state index in [1.165, 1.54) is 5.56 Å². The average molecular weight is 245 g/mol. The first kappa shape index (κ1) is 12.6. The summed E-state index contributed by atoms with van der Waals surface area (Å²) in [5.74, 6) is 0.896. The molecule has 2 rings (SSSR count). The lowest BCUT2D eigenvalue weighted by Crippen LogP contribution is -2.05. The first-order chi connectivity index (χ1) is 8.74. The van der Waals surface area contributed by atoms with Gasteiger partial charge in [0.15, 0.2) is 0 Å². The summed E-state index contributed by atoms with van der Waals surface area (Å²) in [5, 5.41) is 7.67. The van der Waals surface area contributed by atoms with E-state index in [4.69, 9.17) is 4.74 Å². The molecule has 0 bridgehead atoms. The van der Waals surface area contributed by atoms with Crippen LogP contribution in [0, 0.1) is 0 Å². The molecule has 4 nitrogen and oxygen atoms in total. The lowest BCUT2D eigenvalue weighted by Gasteiger charge is -2.05. The molecule has 1 aromatic heterocycles. The molecule has 0 aliphatic rings. The molecular weight excluding hydrogens is 226 g/mol. The fourth-order valence-corrected chi connectivity index (χ4v) is 1.98. The largest absolute Gasteiger partial charge is 0.494 e.